The lowest BCUT2D eigenvalue weighted by molar-refractivity contribution is 0.100. The molecule has 0 atom stereocenters. The van der Waals surface area contributed by atoms with E-state index in [4.69, 9.17) is 6.42 Å². The van der Waals surface area contributed by atoms with Gasteiger partial charge in [-0.25, -0.2) is 0 Å². The second kappa shape index (κ2) is 3.93. The van der Waals surface area contributed by atoms with Gasteiger partial charge in [0, 0.05) is 18.2 Å². The zero-order valence-electron chi connectivity index (χ0n) is 8.20. The molecule has 3 heteroatoms. The number of terminal acetylenes is 1. The molecule has 0 aliphatic rings. The number of hydrogen-bond acceptors (Lipinski definition) is 2. The molecule has 0 fully saturated rings. The van der Waals surface area contributed by atoms with E-state index in [1.165, 1.54) is 6.92 Å². The van der Waals surface area contributed by atoms with Gasteiger partial charge in [0.15, 0.2) is 12.1 Å². The molecule has 0 radical (unpaired) electrons. The molecule has 1 rings (SSSR count). The van der Waals surface area contributed by atoms with Gasteiger partial charge in [0.2, 0.25) is 0 Å². The summed E-state index contributed by atoms with van der Waals surface area (Å²) < 4.78 is 1.67. The average Bonchev–Trinajstić information content (AvgIpc) is 2.45. The summed E-state index contributed by atoms with van der Waals surface area (Å²) >= 11 is 0. The third-order valence-electron chi connectivity index (χ3n) is 2.14. The lowest BCUT2D eigenvalue weighted by Crippen LogP contribution is -2.07. The number of ketones is 1. The lowest BCUT2D eigenvalue weighted by atomic mass is 10.2. The summed E-state index contributed by atoms with van der Waals surface area (Å²) in [6, 6.07) is 1.57. The molecule has 0 N–H and O–H groups in total. The van der Waals surface area contributed by atoms with Crippen molar-refractivity contribution in [3.63, 3.8) is 0 Å². The van der Waals surface area contributed by atoms with Crippen LogP contribution in [0.4, 0.5) is 0 Å². The summed E-state index contributed by atoms with van der Waals surface area (Å²) in [5, 5.41) is 0. The van der Waals surface area contributed by atoms with Crippen molar-refractivity contribution in [2.24, 2.45) is 0 Å². The molecule has 0 saturated carbocycles. The first-order chi connectivity index (χ1) is 6.61. The second-order valence-electron chi connectivity index (χ2n) is 3.03. The third kappa shape index (κ3) is 1.60. The summed E-state index contributed by atoms with van der Waals surface area (Å²) in [6.45, 7) is 3.54. The highest BCUT2D eigenvalue weighted by Crippen LogP contribution is 2.14. The molecule has 0 unspecified atom stereocenters. The monoisotopic (exact) mass is 189 g/mol. The van der Waals surface area contributed by atoms with Crippen LogP contribution in [0.2, 0.25) is 0 Å². The van der Waals surface area contributed by atoms with Gasteiger partial charge in [-0.2, -0.15) is 0 Å². The Bertz CT molecular complexity index is 421. The van der Waals surface area contributed by atoms with Gasteiger partial charge in [0.25, 0.3) is 0 Å². The maximum atomic E-state index is 11.2. The van der Waals surface area contributed by atoms with Gasteiger partial charge >= 0.3 is 0 Å². The van der Waals surface area contributed by atoms with Crippen molar-refractivity contribution in [2.45, 2.75) is 20.4 Å². The maximum Gasteiger partial charge on any atom is 0.176 e. The molecule has 0 amide bonds. The summed E-state index contributed by atoms with van der Waals surface area (Å²) in [5.74, 6) is 2.37. The molecule has 0 bridgehead atoms. The van der Waals surface area contributed by atoms with Crippen LogP contribution in [0.1, 0.15) is 33.5 Å². The number of rotatable bonds is 3. The van der Waals surface area contributed by atoms with Crippen LogP contribution in [0.5, 0.6) is 0 Å². The molecular weight excluding hydrogens is 178 g/mol. The Kier molecular flexibility index (Phi) is 2.88. The van der Waals surface area contributed by atoms with Crippen LogP contribution in [0.25, 0.3) is 0 Å². The van der Waals surface area contributed by atoms with E-state index in [1.54, 1.807) is 17.6 Å². The van der Waals surface area contributed by atoms with Crippen molar-refractivity contribution in [3.05, 3.63) is 23.0 Å². The van der Waals surface area contributed by atoms with Crippen LogP contribution >= 0.6 is 0 Å². The SMILES string of the molecule is C#CCn1c(C(C)=O)cc(C=O)c1C. The van der Waals surface area contributed by atoms with Crippen LogP contribution in [-0.2, 0) is 6.54 Å². The molecule has 0 saturated heterocycles. The first-order valence-electron chi connectivity index (χ1n) is 4.21. The molecule has 3 nitrogen and oxygen atoms in total. The van der Waals surface area contributed by atoms with E-state index < -0.39 is 0 Å². The standard InChI is InChI=1S/C11H11NO2/c1-4-5-12-8(2)10(7-13)6-11(12)9(3)14/h1,6-7H,5H2,2-3H3. The minimum atomic E-state index is -0.0866. The first-order valence-corrected chi connectivity index (χ1v) is 4.21. The normalized spacial score (nSPS) is 9.50. The Labute approximate surface area is 82.7 Å². The van der Waals surface area contributed by atoms with Gasteiger partial charge in [-0.1, -0.05) is 5.92 Å². The van der Waals surface area contributed by atoms with Gasteiger partial charge in [-0.15, -0.1) is 6.42 Å². The predicted octanol–water partition coefficient (Wildman–Crippen LogP) is 1.44. The van der Waals surface area contributed by atoms with Crippen molar-refractivity contribution in [1.82, 2.24) is 4.57 Å². The number of carbonyl (C=O) groups is 2. The topological polar surface area (TPSA) is 39.1 Å². The Balaban J connectivity index is 3.35. The zero-order valence-corrected chi connectivity index (χ0v) is 8.20. The maximum absolute atomic E-state index is 11.2. The highest BCUT2D eigenvalue weighted by Gasteiger charge is 2.13. The number of aromatic nitrogens is 1. The largest absolute Gasteiger partial charge is 0.330 e. The molecule has 72 valence electrons. The van der Waals surface area contributed by atoms with Crippen LogP contribution in [-0.4, -0.2) is 16.6 Å². The van der Waals surface area contributed by atoms with Gasteiger partial charge in [-0.05, 0) is 13.0 Å². The van der Waals surface area contributed by atoms with Crippen LogP contribution in [0.3, 0.4) is 0 Å². The van der Waals surface area contributed by atoms with E-state index in [9.17, 15) is 9.59 Å². The van der Waals surface area contributed by atoms with Gasteiger partial charge in [0.1, 0.15) is 0 Å². The second-order valence-corrected chi connectivity index (χ2v) is 3.03. The van der Waals surface area contributed by atoms with Crippen molar-refractivity contribution in [1.29, 1.82) is 0 Å². The van der Waals surface area contributed by atoms with E-state index in [0.717, 1.165) is 12.0 Å². The average molecular weight is 189 g/mol. The highest BCUT2D eigenvalue weighted by molar-refractivity contribution is 5.95. The predicted molar refractivity (Wildman–Crippen MR) is 53.4 cm³/mol. The minimum Gasteiger partial charge on any atom is -0.330 e. The Morgan fingerprint density at radius 3 is 2.79 bits per heavy atom. The summed E-state index contributed by atoms with van der Waals surface area (Å²) in [6.07, 6.45) is 5.91. The van der Waals surface area contributed by atoms with Crippen LogP contribution in [0, 0.1) is 19.3 Å². The van der Waals surface area contributed by atoms with E-state index in [2.05, 4.69) is 5.92 Å². The molecule has 1 aromatic rings. The van der Waals surface area contributed by atoms with Crippen molar-refractivity contribution in [3.8, 4) is 12.3 Å². The first kappa shape index (κ1) is 10.3. The minimum absolute atomic E-state index is 0.0866. The number of nitrogens with zero attached hydrogens (tertiary/aromatic N) is 1. The fraction of sp³-hybridized carbons (Fsp3) is 0.273. The molecular formula is C11H11NO2. The highest BCUT2D eigenvalue weighted by atomic mass is 16.1. The van der Waals surface area contributed by atoms with Crippen molar-refractivity contribution >= 4 is 12.1 Å². The van der Waals surface area contributed by atoms with Gasteiger partial charge in [0.05, 0.1) is 12.2 Å². The molecule has 14 heavy (non-hydrogen) atoms. The van der Waals surface area contributed by atoms with Crippen molar-refractivity contribution < 1.29 is 9.59 Å². The van der Waals surface area contributed by atoms with E-state index in [0.29, 0.717) is 17.8 Å². The van der Waals surface area contributed by atoms with Gasteiger partial charge < -0.3 is 4.57 Å². The molecule has 1 aromatic heterocycles. The summed E-state index contributed by atoms with van der Waals surface area (Å²) in [7, 11) is 0. The number of aldehydes is 1. The Hall–Kier alpha value is -1.82. The molecule has 0 spiro atoms. The zero-order chi connectivity index (χ0) is 10.7. The molecule has 0 aromatic carbocycles. The third-order valence-corrected chi connectivity index (χ3v) is 2.14. The van der Waals surface area contributed by atoms with E-state index >= 15 is 0 Å². The molecule has 0 aliphatic heterocycles. The molecule has 1 heterocycles. The lowest BCUT2D eigenvalue weighted by Gasteiger charge is -2.04. The van der Waals surface area contributed by atoms with Crippen LogP contribution < -0.4 is 0 Å². The quantitative estimate of drug-likeness (QED) is 0.410. The number of Topliss-reactive ketones (excluding diaryl/α,β-unsaturated/α-hetero) is 1. The van der Waals surface area contributed by atoms with Crippen LogP contribution in [0.15, 0.2) is 6.07 Å². The Morgan fingerprint density at radius 2 is 2.36 bits per heavy atom. The number of carbonyl (C=O) groups excluding carboxylic acids is 2. The fourth-order valence-corrected chi connectivity index (χ4v) is 1.37. The van der Waals surface area contributed by atoms with E-state index in [1.807, 2.05) is 0 Å². The summed E-state index contributed by atoms with van der Waals surface area (Å²) in [4.78, 5) is 21.9. The van der Waals surface area contributed by atoms with Crippen molar-refractivity contribution in [2.75, 3.05) is 0 Å². The summed E-state index contributed by atoms with van der Waals surface area (Å²) in [5.41, 5.74) is 1.75. The molecule has 0 aliphatic carbocycles. The fourth-order valence-electron chi connectivity index (χ4n) is 1.37. The smallest absolute Gasteiger partial charge is 0.176 e. The Morgan fingerprint density at radius 1 is 1.71 bits per heavy atom. The van der Waals surface area contributed by atoms with E-state index in [-0.39, 0.29) is 5.78 Å². The number of hydrogen-bond donors (Lipinski definition) is 0. The van der Waals surface area contributed by atoms with Gasteiger partial charge in [-0.3, -0.25) is 9.59 Å².